The van der Waals surface area contributed by atoms with Crippen LogP contribution in [0.4, 0.5) is 17.5 Å². The minimum Gasteiger partial charge on any atom is -0.497 e. The van der Waals surface area contributed by atoms with Gasteiger partial charge in [0.15, 0.2) is 11.6 Å². The van der Waals surface area contributed by atoms with E-state index in [4.69, 9.17) is 85.3 Å². The minimum atomic E-state index is 0.0165. The van der Waals surface area contributed by atoms with Gasteiger partial charge in [0.2, 0.25) is 0 Å². The average molecular weight is 1560 g/mol. The molecule has 1 aliphatic rings. The van der Waals surface area contributed by atoms with Crippen molar-refractivity contribution in [3.8, 4) is 79.7 Å². The highest BCUT2D eigenvalue weighted by atomic mass is 35.5. The van der Waals surface area contributed by atoms with Crippen molar-refractivity contribution in [2.45, 2.75) is 173 Å². The number of anilines is 3. The van der Waals surface area contributed by atoms with Gasteiger partial charge in [-0.15, -0.1) is 21.5 Å². The zero-order valence-electron chi connectivity index (χ0n) is 66.5. The Morgan fingerprint density at radius 1 is 0.473 bits per heavy atom. The Bertz CT molecular complexity index is 4990. The van der Waals surface area contributed by atoms with Gasteiger partial charge in [0, 0.05) is 138 Å². The third-order valence-corrected chi connectivity index (χ3v) is 17.9. The predicted molar refractivity (Wildman–Crippen MR) is 443 cm³/mol. The Labute approximate surface area is 658 Å². The number of rotatable bonds is 28. The standard InChI is InChI=1S/C24H33N5O3.C21H26ClN3O2S.C19H21ClN2O3.C19H24N4O2/c1-17(2)25-23-7-8-29(27-23)24-16-22(32-18(3)4)20-6-5-19(15-21(20)26-24)31-14-11-28-9-12-30-13-10-28;1-6-9-26-16-8-7-14-17(27-13(4)5)10-15(24-20(14)19(16)22)21-25-18(11-28-21)23-12(2)3;1-10(2)16-9-14(22-25-16)13-8-17(24-11(3)4)12-6-7-15(23-5)18(20)19(12)21-13;1-12(2)20-18-8-9-23(22-18)19-11-17(25-13(3)4)15-7-6-14(24-5)10-16(15)21-19/h5-8,15-18H,9-14H2,1-4H3,(H,25,27);7-8,10-13,23H,6,9H2,1-5H3;6-11H,1-5H3;6-13H,1-5H3,(H,20,22). The van der Waals surface area contributed by atoms with Crippen molar-refractivity contribution in [3.63, 3.8) is 0 Å². The van der Waals surface area contributed by atoms with Gasteiger partial charge in [0.25, 0.3) is 0 Å². The fraction of sp³-hybridized carbons (Fsp3) is 0.422. The molecule has 0 spiro atoms. The summed E-state index contributed by atoms with van der Waals surface area (Å²) in [6.07, 6.45) is 4.86. The Morgan fingerprint density at radius 3 is 1.45 bits per heavy atom. The molecule has 1 aliphatic heterocycles. The van der Waals surface area contributed by atoms with Crippen LogP contribution in [0.5, 0.6) is 46.0 Å². The SMILES string of the molecule is CC(C)Nc1ccn(-c2cc(OC(C)C)c3ccc(OCCN4CCOCC4)cc3n2)n1.CCCOc1ccc2c(OC(C)C)cc(-c3nc(NC(C)C)cs3)nc2c1Cl.COc1ccc2c(OC(C)C)cc(-c3cc(C(C)C)on3)nc2c1Cl.COc1ccc2c(OC(C)C)cc(-n3ccc(NC(C)C)n3)nc2c1. The molecule has 110 heavy (non-hydrogen) atoms. The molecule has 1 saturated heterocycles. The van der Waals surface area contributed by atoms with E-state index in [2.05, 4.69) is 94.6 Å². The average Bonchev–Trinajstić information content (AvgIpc) is 1.13. The van der Waals surface area contributed by atoms with Crippen molar-refractivity contribution in [1.82, 2.24) is 54.5 Å². The molecule has 4 aromatic carbocycles. The van der Waals surface area contributed by atoms with E-state index in [0.717, 1.165) is 135 Å². The van der Waals surface area contributed by atoms with Crippen molar-refractivity contribution in [2.24, 2.45) is 0 Å². The third-order valence-electron chi connectivity index (χ3n) is 16.3. The molecule has 9 heterocycles. The molecule has 0 amide bonds. The first-order chi connectivity index (χ1) is 52.7. The van der Waals surface area contributed by atoms with Crippen molar-refractivity contribution < 1.29 is 47.2 Å². The number of aromatic nitrogens is 10. The van der Waals surface area contributed by atoms with Gasteiger partial charge in [0.1, 0.15) is 102 Å². The van der Waals surface area contributed by atoms with E-state index >= 15 is 0 Å². The van der Waals surface area contributed by atoms with Crippen LogP contribution < -0.4 is 53.8 Å². The lowest BCUT2D eigenvalue weighted by Gasteiger charge is -2.26. The van der Waals surface area contributed by atoms with Crippen molar-refractivity contribution in [1.29, 1.82) is 0 Å². The van der Waals surface area contributed by atoms with E-state index in [0.29, 0.717) is 92.7 Å². The lowest BCUT2D eigenvalue weighted by Crippen LogP contribution is -2.38. The minimum absolute atomic E-state index is 0.0165. The third kappa shape index (κ3) is 22.2. The van der Waals surface area contributed by atoms with Crippen LogP contribution in [0.15, 0.2) is 125 Å². The maximum absolute atomic E-state index is 6.65. The number of hydrogen-bond acceptors (Lipinski definition) is 23. The zero-order chi connectivity index (χ0) is 78.9. The number of methoxy groups -OCH3 is 2. The normalized spacial score (nSPS) is 12.4. The molecule has 24 nitrogen and oxygen atoms in total. The quantitative estimate of drug-likeness (QED) is 0.0412. The van der Waals surface area contributed by atoms with E-state index in [1.807, 2.05) is 190 Å². The lowest BCUT2D eigenvalue weighted by atomic mass is 10.1. The van der Waals surface area contributed by atoms with Gasteiger partial charge in [-0.1, -0.05) is 49.1 Å². The number of nitrogens with one attached hydrogen (secondary N) is 3. The van der Waals surface area contributed by atoms with Gasteiger partial charge in [-0.05, 0) is 152 Å². The van der Waals surface area contributed by atoms with Crippen LogP contribution in [0.3, 0.4) is 0 Å². The first kappa shape index (κ1) is 82.6. The molecule has 1 fully saturated rings. The monoisotopic (exact) mass is 1560 g/mol. The molecule has 12 aromatic rings. The van der Waals surface area contributed by atoms with Crippen LogP contribution in [0, 0.1) is 0 Å². The first-order valence-electron chi connectivity index (χ1n) is 37.5. The predicted octanol–water partition coefficient (Wildman–Crippen LogP) is 19.6. The van der Waals surface area contributed by atoms with Gasteiger partial charge >= 0.3 is 0 Å². The van der Waals surface area contributed by atoms with E-state index in [1.165, 1.54) is 11.3 Å². The molecule has 586 valence electrons. The molecule has 0 radical (unpaired) electrons. The van der Waals surface area contributed by atoms with E-state index in [9.17, 15) is 0 Å². The number of pyridine rings is 4. The van der Waals surface area contributed by atoms with Crippen LogP contribution in [0.25, 0.3) is 77.3 Å². The summed E-state index contributed by atoms with van der Waals surface area (Å²) in [5.74, 6) is 10.7. The van der Waals surface area contributed by atoms with E-state index in [-0.39, 0.29) is 30.3 Å². The second kappa shape index (κ2) is 38.6. The number of fused-ring (bicyclic) bond motifs is 4. The number of ether oxygens (including phenoxy) is 9. The molecule has 0 saturated carbocycles. The summed E-state index contributed by atoms with van der Waals surface area (Å²) in [6.45, 7) is 40.3. The maximum Gasteiger partial charge on any atom is 0.157 e. The first-order valence-corrected chi connectivity index (χ1v) is 39.2. The summed E-state index contributed by atoms with van der Waals surface area (Å²) in [5.41, 5.74) is 4.93. The smallest absolute Gasteiger partial charge is 0.157 e. The number of hydrogen-bond donors (Lipinski definition) is 3. The molecule has 27 heteroatoms. The summed E-state index contributed by atoms with van der Waals surface area (Å²) in [6, 6.07) is 33.7. The molecule has 8 aromatic heterocycles. The van der Waals surface area contributed by atoms with Gasteiger partial charge in [0.05, 0.1) is 86.2 Å². The lowest BCUT2D eigenvalue weighted by molar-refractivity contribution is 0.0322. The molecule has 13 rings (SSSR count). The summed E-state index contributed by atoms with van der Waals surface area (Å²) in [5, 5.41) is 30.6. The van der Waals surface area contributed by atoms with Gasteiger partial charge in [-0.25, -0.2) is 34.3 Å². The number of benzene rings is 4. The van der Waals surface area contributed by atoms with E-state index in [1.54, 1.807) is 23.6 Å². The molecule has 0 aliphatic carbocycles. The van der Waals surface area contributed by atoms with Gasteiger partial charge in [-0.3, -0.25) is 4.90 Å². The number of thiazole rings is 1. The van der Waals surface area contributed by atoms with Crippen molar-refractivity contribution in [2.75, 3.05) is 76.2 Å². The Hall–Kier alpha value is -9.92. The largest absolute Gasteiger partial charge is 0.497 e. The highest BCUT2D eigenvalue weighted by molar-refractivity contribution is 7.13. The molecule has 0 atom stereocenters. The zero-order valence-corrected chi connectivity index (χ0v) is 68.8. The highest BCUT2D eigenvalue weighted by Crippen LogP contribution is 2.42. The number of nitrogens with zero attached hydrogens (tertiary/aromatic N) is 11. The van der Waals surface area contributed by atoms with Gasteiger partial charge < -0.3 is 63.1 Å². The van der Waals surface area contributed by atoms with Crippen LogP contribution in [-0.2, 0) is 4.74 Å². The van der Waals surface area contributed by atoms with Gasteiger partial charge in [-0.2, -0.15) is 0 Å². The second-order valence-electron chi connectivity index (χ2n) is 28.6. The Balaban J connectivity index is 0.000000157. The summed E-state index contributed by atoms with van der Waals surface area (Å²) in [7, 11) is 3.23. The molecule has 0 unspecified atom stereocenters. The maximum atomic E-state index is 6.65. The Kier molecular flexibility index (Phi) is 29.0. The summed E-state index contributed by atoms with van der Waals surface area (Å²) in [4.78, 5) is 26.1. The van der Waals surface area contributed by atoms with Crippen molar-refractivity contribution >= 4 is 95.6 Å². The molecule has 0 bridgehead atoms. The highest BCUT2D eigenvalue weighted by Gasteiger charge is 2.22. The molecular formula is C83H104Cl2N14O10S. The topological polar surface area (TPSA) is 249 Å². The number of halogens is 2. The number of morpholine rings is 1. The van der Waals surface area contributed by atoms with E-state index < -0.39 is 0 Å². The Morgan fingerprint density at radius 2 is 0.955 bits per heavy atom. The fourth-order valence-corrected chi connectivity index (χ4v) is 12.8. The van der Waals surface area contributed by atoms with Crippen LogP contribution >= 0.6 is 34.5 Å². The van der Waals surface area contributed by atoms with Crippen molar-refractivity contribution in [3.05, 3.63) is 137 Å². The summed E-state index contributed by atoms with van der Waals surface area (Å²) >= 11 is 14.7. The summed E-state index contributed by atoms with van der Waals surface area (Å²) < 4.78 is 60.9. The van der Waals surface area contributed by atoms with Crippen LogP contribution in [0.1, 0.15) is 136 Å². The molecular weight excluding hydrogens is 1460 g/mol. The van der Waals surface area contributed by atoms with Crippen LogP contribution in [-0.4, -0.2) is 157 Å². The fourth-order valence-electron chi connectivity index (χ4n) is 11.5. The van der Waals surface area contributed by atoms with Crippen LogP contribution in [0.2, 0.25) is 10.0 Å². The molecule has 3 N–H and O–H groups in total. The second-order valence-corrected chi connectivity index (χ2v) is 30.2.